The standard InChI is InChI=1S/C19H20N4O3S2/c1-3-16(14-10-6-4-7-11-14)17(24)20-18-21-22-19(27-18)28(25,26)23(2)15-12-8-5-9-13-15/h4-13,16H,3H2,1-2H3,(H,20,21,24)/t16-/m0/s1. The molecule has 146 valence electrons. The Labute approximate surface area is 168 Å². The molecule has 3 rings (SSSR count). The Balaban J connectivity index is 1.77. The van der Waals surface area contributed by atoms with Crippen LogP contribution in [0.4, 0.5) is 10.8 Å². The predicted molar refractivity (Wildman–Crippen MR) is 110 cm³/mol. The zero-order chi connectivity index (χ0) is 20.1. The molecule has 0 aliphatic carbocycles. The fraction of sp³-hybridized carbons (Fsp3) is 0.211. The molecule has 0 saturated heterocycles. The first-order valence-corrected chi connectivity index (χ1v) is 10.9. The van der Waals surface area contributed by atoms with Crippen molar-refractivity contribution in [2.45, 2.75) is 23.6 Å². The van der Waals surface area contributed by atoms with Crippen molar-refractivity contribution < 1.29 is 13.2 Å². The molecule has 1 N–H and O–H groups in total. The minimum atomic E-state index is -3.86. The van der Waals surface area contributed by atoms with Crippen LogP contribution in [-0.4, -0.2) is 31.6 Å². The Bertz CT molecular complexity index is 1040. The summed E-state index contributed by atoms with van der Waals surface area (Å²) in [7, 11) is -2.41. The largest absolute Gasteiger partial charge is 0.300 e. The number of sulfonamides is 1. The number of hydrogen-bond acceptors (Lipinski definition) is 6. The lowest BCUT2D eigenvalue weighted by molar-refractivity contribution is -0.117. The molecule has 1 atom stereocenters. The molecule has 1 heterocycles. The summed E-state index contributed by atoms with van der Waals surface area (Å²) in [6.07, 6.45) is 0.608. The van der Waals surface area contributed by atoms with Gasteiger partial charge in [-0.05, 0) is 24.1 Å². The third kappa shape index (κ3) is 4.20. The molecule has 0 bridgehead atoms. The smallest absolute Gasteiger partial charge is 0.293 e. The molecule has 1 amide bonds. The van der Waals surface area contributed by atoms with E-state index < -0.39 is 10.0 Å². The van der Waals surface area contributed by atoms with Crippen molar-refractivity contribution in [3.05, 3.63) is 66.2 Å². The quantitative estimate of drug-likeness (QED) is 0.595. The molecule has 9 heteroatoms. The molecule has 28 heavy (non-hydrogen) atoms. The zero-order valence-corrected chi connectivity index (χ0v) is 17.1. The Morgan fingerprint density at radius 1 is 1.07 bits per heavy atom. The minimum Gasteiger partial charge on any atom is -0.300 e. The van der Waals surface area contributed by atoms with Gasteiger partial charge in [0.05, 0.1) is 11.6 Å². The number of carbonyl (C=O) groups is 1. The number of amides is 1. The number of nitrogens with one attached hydrogen (secondary N) is 1. The summed E-state index contributed by atoms with van der Waals surface area (Å²) in [5.41, 5.74) is 1.40. The van der Waals surface area contributed by atoms with Crippen LogP contribution in [-0.2, 0) is 14.8 Å². The van der Waals surface area contributed by atoms with E-state index in [-0.39, 0.29) is 21.3 Å². The molecule has 3 aromatic rings. The highest BCUT2D eigenvalue weighted by molar-refractivity contribution is 7.94. The average Bonchev–Trinajstić information content (AvgIpc) is 3.19. The lowest BCUT2D eigenvalue weighted by Gasteiger charge is -2.17. The average molecular weight is 417 g/mol. The molecular weight excluding hydrogens is 396 g/mol. The van der Waals surface area contributed by atoms with Gasteiger partial charge < -0.3 is 0 Å². The van der Waals surface area contributed by atoms with Crippen molar-refractivity contribution in [1.82, 2.24) is 10.2 Å². The maximum atomic E-state index is 12.8. The molecule has 0 unspecified atom stereocenters. The van der Waals surface area contributed by atoms with Gasteiger partial charge in [-0.2, -0.15) is 8.42 Å². The molecular formula is C19H20N4O3S2. The van der Waals surface area contributed by atoms with Gasteiger partial charge in [0.2, 0.25) is 11.0 Å². The second-order valence-electron chi connectivity index (χ2n) is 6.04. The van der Waals surface area contributed by atoms with Gasteiger partial charge in [-0.3, -0.25) is 14.4 Å². The first kappa shape index (κ1) is 20.0. The summed E-state index contributed by atoms with van der Waals surface area (Å²) < 4.78 is 26.5. The van der Waals surface area contributed by atoms with Crippen molar-refractivity contribution in [1.29, 1.82) is 0 Å². The molecule has 2 aromatic carbocycles. The Morgan fingerprint density at radius 3 is 2.29 bits per heavy atom. The van der Waals surface area contributed by atoms with E-state index in [9.17, 15) is 13.2 Å². The predicted octanol–water partition coefficient (Wildman–Crippen LogP) is 3.50. The van der Waals surface area contributed by atoms with E-state index in [1.165, 1.54) is 7.05 Å². The molecule has 0 spiro atoms. The lowest BCUT2D eigenvalue weighted by atomic mass is 9.96. The van der Waals surface area contributed by atoms with Crippen LogP contribution in [0.5, 0.6) is 0 Å². The van der Waals surface area contributed by atoms with Gasteiger partial charge in [0, 0.05) is 7.05 Å². The van der Waals surface area contributed by atoms with Crippen LogP contribution >= 0.6 is 11.3 Å². The van der Waals surface area contributed by atoms with Crippen LogP contribution in [0.3, 0.4) is 0 Å². The Kier molecular flexibility index (Phi) is 6.05. The molecule has 1 aromatic heterocycles. The normalized spacial score (nSPS) is 12.4. The highest BCUT2D eigenvalue weighted by atomic mass is 32.2. The van der Waals surface area contributed by atoms with Crippen molar-refractivity contribution in [2.75, 3.05) is 16.7 Å². The van der Waals surface area contributed by atoms with Crippen molar-refractivity contribution in [2.24, 2.45) is 0 Å². The van der Waals surface area contributed by atoms with Crippen LogP contribution in [0.2, 0.25) is 0 Å². The second-order valence-corrected chi connectivity index (χ2v) is 9.16. The number of nitrogens with zero attached hydrogens (tertiary/aromatic N) is 3. The van der Waals surface area contributed by atoms with E-state index in [2.05, 4.69) is 15.5 Å². The minimum absolute atomic E-state index is 0.152. The number of benzene rings is 2. The summed E-state index contributed by atoms with van der Waals surface area (Å²) in [6, 6.07) is 18.1. The number of aromatic nitrogens is 2. The first-order chi connectivity index (χ1) is 13.4. The Morgan fingerprint density at radius 2 is 1.68 bits per heavy atom. The van der Waals surface area contributed by atoms with Gasteiger partial charge in [-0.1, -0.05) is 66.8 Å². The number of hydrogen-bond donors (Lipinski definition) is 1. The van der Waals surface area contributed by atoms with E-state index in [0.29, 0.717) is 12.1 Å². The SMILES string of the molecule is CC[C@H](C(=O)Nc1nnc(S(=O)(=O)N(C)c2ccccc2)s1)c1ccccc1. The maximum Gasteiger partial charge on any atom is 0.293 e. The summed E-state index contributed by atoms with van der Waals surface area (Å²) >= 11 is 0.830. The summed E-state index contributed by atoms with van der Waals surface area (Å²) in [5, 5.41) is 10.4. The van der Waals surface area contributed by atoms with Crippen LogP contribution in [0.15, 0.2) is 65.0 Å². The fourth-order valence-electron chi connectivity index (χ4n) is 2.71. The van der Waals surface area contributed by atoms with Gasteiger partial charge in [0.15, 0.2) is 0 Å². The molecule has 0 saturated carbocycles. The maximum absolute atomic E-state index is 12.8. The van der Waals surface area contributed by atoms with Gasteiger partial charge >= 0.3 is 0 Å². The lowest BCUT2D eigenvalue weighted by Crippen LogP contribution is -2.26. The van der Waals surface area contributed by atoms with E-state index in [0.717, 1.165) is 21.2 Å². The van der Waals surface area contributed by atoms with Gasteiger partial charge in [-0.15, -0.1) is 10.2 Å². The third-order valence-electron chi connectivity index (χ3n) is 4.26. The first-order valence-electron chi connectivity index (χ1n) is 8.66. The highest BCUT2D eigenvalue weighted by Crippen LogP contribution is 2.27. The highest BCUT2D eigenvalue weighted by Gasteiger charge is 2.27. The fourth-order valence-corrected chi connectivity index (χ4v) is 4.96. The number of para-hydroxylation sites is 1. The van der Waals surface area contributed by atoms with Crippen molar-refractivity contribution in [3.63, 3.8) is 0 Å². The van der Waals surface area contributed by atoms with Gasteiger partial charge in [0.25, 0.3) is 14.4 Å². The van der Waals surface area contributed by atoms with Gasteiger partial charge in [-0.25, -0.2) is 0 Å². The van der Waals surface area contributed by atoms with E-state index >= 15 is 0 Å². The van der Waals surface area contributed by atoms with E-state index in [1.807, 2.05) is 37.3 Å². The number of anilines is 2. The summed E-state index contributed by atoms with van der Waals surface area (Å²) in [6.45, 7) is 1.92. The summed E-state index contributed by atoms with van der Waals surface area (Å²) in [4.78, 5) is 12.6. The molecule has 0 aliphatic heterocycles. The Hall–Kier alpha value is -2.78. The van der Waals surface area contributed by atoms with Crippen molar-refractivity contribution in [3.8, 4) is 0 Å². The van der Waals surface area contributed by atoms with Gasteiger partial charge in [0.1, 0.15) is 0 Å². The monoisotopic (exact) mass is 416 g/mol. The van der Waals surface area contributed by atoms with E-state index in [4.69, 9.17) is 0 Å². The molecule has 0 radical (unpaired) electrons. The molecule has 0 aliphatic rings. The third-order valence-corrected chi connectivity index (χ3v) is 7.23. The van der Waals surface area contributed by atoms with Crippen LogP contribution in [0.1, 0.15) is 24.8 Å². The number of rotatable bonds is 7. The van der Waals surface area contributed by atoms with Crippen LogP contribution < -0.4 is 9.62 Å². The van der Waals surface area contributed by atoms with Crippen LogP contribution in [0.25, 0.3) is 0 Å². The number of carbonyl (C=O) groups excluding carboxylic acids is 1. The zero-order valence-electron chi connectivity index (χ0n) is 15.4. The molecule has 7 nitrogen and oxygen atoms in total. The molecule has 0 fully saturated rings. The van der Waals surface area contributed by atoms with Crippen molar-refractivity contribution >= 4 is 38.1 Å². The second kappa shape index (κ2) is 8.49. The van der Waals surface area contributed by atoms with E-state index in [1.54, 1.807) is 30.3 Å². The summed E-state index contributed by atoms with van der Waals surface area (Å²) in [5.74, 6) is -0.595. The van der Waals surface area contributed by atoms with Crippen LogP contribution in [0, 0.1) is 0 Å². The topological polar surface area (TPSA) is 92.3 Å².